The summed E-state index contributed by atoms with van der Waals surface area (Å²) in [6.45, 7) is 6.05. The molecule has 0 bridgehead atoms. The van der Waals surface area contributed by atoms with Crippen molar-refractivity contribution in [1.82, 2.24) is 0 Å². The number of hydrogen-bond acceptors (Lipinski definition) is 2. The van der Waals surface area contributed by atoms with Crippen molar-refractivity contribution in [3.63, 3.8) is 0 Å². The van der Waals surface area contributed by atoms with Crippen LogP contribution in [0.4, 0.5) is 5.69 Å². The molecule has 2 N–H and O–H groups in total. The largest absolute Gasteiger partial charge is 0.391 e. The highest BCUT2D eigenvalue weighted by Crippen LogP contribution is 2.15. The monoisotopic (exact) mass is 193 g/mol. The first-order valence-corrected chi connectivity index (χ1v) is 5.15. The minimum Gasteiger partial charge on any atom is -0.391 e. The molecule has 1 aromatic rings. The lowest BCUT2D eigenvalue weighted by Crippen LogP contribution is -2.30. The molecule has 0 amide bonds. The SMILES string of the molecule is CCC(O)[C@H](C)Nc1ccccc1C. The molecule has 0 fully saturated rings. The third-order valence-electron chi connectivity index (χ3n) is 2.52. The van der Waals surface area contributed by atoms with Crippen molar-refractivity contribution in [3.8, 4) is 0 Å². The minimum atomic E-state index is -0.283. The second-order valence-electron chi connectivity index (χ2n) is 3.72. The third kappa shape index (κ3) is 2.74. The van der Waals surface area contributed by atoms with Gasteiger partial charge < -0.3 is 10.4 Å². The highest BCUT2D eigenvalue weighted by atomic mass is 16.3. The number of nitrogens with one attached hydrogen (secondary N) is 1. The van der Waals surface area contributed by atoms with Crippen LogP contribution >= 0.6 is 0 Å². The number of aliphatic hydroxyl groups excluding tert-OH is 1. The number of aryl methyl sites for hydroxylation is 1. The molecule has 0 spiro atoms. The van der Waals surface area contributed by atoms with Crippen LogP contribution in [0.5, 0.6) is 0 Å². The van der Waals surface area contributed by atoms with Crippen molar-refractivity contribution in [3.05, 3.63) is 29.8 Å². The van der Waals surface area contributed by atoms with E-state index in [1.165, 1.54) is 5.56 Å². The van der Waals surface area contributed by atoms with Crippen molar-refractivity contribution in [2.24, 2.45) is 0 Å². The van der Waals surface area contributed by atoms with E-state index in [0.29, 0.717) is 0 Å². The van der Waals surface area contributed by atoms with Gasteiger partial charge in [0.1, 0.15) is 0 Å². The van der Waals surface area contributed by atoms with Gasteiger partial charge in [-0.15, -0.1) is 0 Å². The number of benzene rings is 1. The van der Waals surface area contributed by atoms with Crippen molar-refractivity contribution in [1.29, 1.82) is 0 Å². The Balaban J connectivity index is 2.64. The predicted molar refractivity (Wildman–Crippen MR) is 60.6 cm³/mol. The standard InChI is InChI=1S/C12H19NO/c1-4-12(14)10(3)13-11-8-6-5-7-9(11)2/h5-8,10,12-14H,4H2,1-3H3/t10-,12?/m0/s1. The summed E-state index contributed by atoms with van der Waals surface area (Å²) >= 11 is 0. The van der Waals surface area contributed by atoms with Gasteiger partial charge in [-0.05, 0) is 31.9 Å². The van der Waals surface area contributed by atoms with E-state index in [1.54, 1.807) is 0 Å². The first-order chi connectivity index (χ1) is 6.65. The molecule has 0 saturated carbocycles. The molecule has 1 unspecified atom stereocenters. The van der Waals surface area contributed by atoms with Crippen LogP contribution in [0.3, 0.4) is 0 Å². The van der Waals surface area contributed by atoms with Gasteiger partial charge in [0, 0.05) is 11.7 Å². The fourth-order valence-electron chi connectivity index (χ4n) is 1.43. The first kappa shape index (κ1) is 11.1. The summed E-state index contributed by atoms with van der Waals surface area (Å²) < 4.78 is 0. The first-order valence-electron chi connectivity index (χ1n) is 5.15. The zero-order valence-electron chi connectivity index (χ0n) is 9.12. The lowest BCUT2D eigenvalue weighted by Gasteiger charge is -2.21. The average Bonchev–Trinajstić information content (AvgIpc) is 2.20. The summed E-state index contributed by atoms with van der Waals surface area (Å²) in [5.41, 5.74) is 2.31. The maximum Gasteiger partial charge on any atom is 0.0735 e. The Morgan fingerprint density at radius 2 is 2.00 bits per heavy atom. The molecule has 0 aromatic heterocycles. The molecule has 1 rings (SSSR count). The van der Waals surface area contributed by atoms with Crippen LogP contribution in [0.1, 0.15) is 25.8 Å². The lowest BCUT2D eigenvalue weighted by atomic mass is 10.1. The van der Waals surface area contributed by atoms with Crippen molar-refractivity contribution < 1.29 is 5.11 Å². The summed E-state index contributed by atoms with van der Waals surface area (Å²) in [7, 11) is 0. The maximum absolute atomic E-state index is 9.62. The Kier molecular flexibility index (Phi) is 3.96. The van der Waals surface area contributed by atoms with Crippen LogP contribution in [0.2, 0.25) is 0 Å². The molecule has 0 saturated heterocycles. The highest BCUT2D eigenvalue weighted by molar-refractivity contribution is 5.50. The fourth-order valence-corrected chi connectivity index (χ4v) is 1.43. The molecular weight excluding hydrogens is 174 g/mol. The van der Waals surface area contributed by atoms with Gasteiger partial charge in [-0.2, -0.15) is 0 Å². The highest BCUT2D eigenvalue weighted by Gasteiger charge is 2.11. The van der Waals surface area contributed by atoms with Gasteiger partial charge in [0.15, 0.2) is 0 Å². The van der Waals surface area contributed by atoms with Crippen molar-refractivity contribution >= 4 is 5.69 Å². The Morgan fingerprint density at radius 1 is 1.36 bits per heavy atom. The zero-order chi connectivity index (χ0) is 10.6. The number of anilines is 1. The van der Waals surface area contributed by atoms with E-state index >= 15 is 0 Å². The van der Waals surface area contributed by atoms with Crippen molar-refractivity contribution in [2.75, 3.05) is 5.32 Å². The molecule has 0 aliphatic rings. The van der Waals surface area contributed by atoms with Crippen LogP contribution in [-0.2, 0) is 0 Å². The van der Waals surface area contributed by atoms with Crippen LogP contribution in [0.25, 0.3) is 0 Å². The van der Waals surface area contributed by atoms with Crippen LogP contribution in [0, 0.1) is 6.92 Å². The van der Waals surface area contributed by atoms with Crippen LogP contribution < -0.4 is 5.32 Å². The molecule has 2 nitrogen and oxygen atoms in total. The van der Waals surface area contributed by atoms with E-state index < -0.39 is 0 Å². The minimum absolute atomic E-state index is 0.0982. The van der Waals surface area contributed by atoms with E-state index in [1.807, 2.05) is 32.0 Å². The van der Waals surface area contributed by atoms with E-state index in [-0.39, 0.29) is 12.1 Å². The zero-order valence-corrected chi connectivity index (χ0v) is 9.12. The molecule has 14 heavy (non-hydrogen) atoms. The summed E-state index contributed by atoms with van der Waals surface area (Å²) in [6.07, 6.45) is 0.495. The molecule has 78 valence electrons. The van der Waals surface area contributed by atoms with Crippen molar-refractivity contribution in [2.45, 2.75) is 39.3 Å². The smallest absolute Gasteiger partial charge is 0.0735 e. The predicted octanol–water partition coefficient (Wildman–Crippen LogP) is 2.57. The van der Waals surface area contributed by atoms with Gasteiger partial charge in [0.2, 0.25) is 0 Å². The van der Waals surface area contributed by atoms with Gasteiger partial charge in [-0.25, -0.2) is 0 Å². The van der Waals surface area contributed by atoms with E-state index in [4.69, 9.17) is 0 Å². The quantitative estimate of drug-likeness (QED) is 0.770. The fraction of sp³-hybridized carbons (Fsp3) is 0.500. The van der Waals surface area contributed by atoms with Crippen LogP contribution in [-0.4, -0.2) is 17.3 Å². The van der Waals surface area contributed by atoms with E-state index in [2.05, 4.69) is 18.3 Å². The molecule has 0 heterocycles. The normalized spacial score (nSPS) is 14.9. The molecule has 2 atom stereocenters. The van der Waals surface area contributed by atoms with Gasteiger partial charge in [-0.3, -0.25) is 0 Å². The molecule has 1 aromatic carbocycles. The summed E-state index contributed by atoms with van der Waals surface area (Å²) in [5.74, 6) is 0. The molecule has 2 heteroatoms. The topological polar surface area (TPSA) is 32.3 Å². The Labute approximate surface area is 86.0 Å². The molecule has 0 radical (unpaired) electrons. The van der Waals surface area contributed by atoms with Crippen LogP contribution in [0.15, 0.2) is 24.3 Å². The second kappa shape index (κ2) is 5.01. The number of rotatable bonds is 4. The second-order valence-corrected chi connectivity index (χ2v) is 3.72. The molecular formula is C12H19NO. The lowest BCUT2D eigenvalue weighted by molar-refractivity contribution is 0.154. The van der Waals surface area contributed by atoms with E-state index in [9.17, 15) is 5.11 Å². The summed E-state index contributed by atoms with van der Waals surface area (Å²) in [6, 6.07) is 8.21. The summed E-state index contributed by atoms with van der Waals surface area (Å²) in [5, 5.41) is 12.9. The number of aliphatic hydroxyl groups is 1. The molecule has 0 aliphatic heterocycles. The Bertz CT molecular complexity index is 285. The third-order valence-corrected chi connectivity index (χ3v) is 2.52. The number of para-hydroxylation sites is 1. The van der Waals surface area contributed by atoms with E-state index in [0.717, 1.165) is 12.1 Å². The summed E-state index contributed by atoms with van der Waals surface area (Å²) in [4.78, 5) is 0. The number of hydrogen-bond donors (Lipinski definition) is 2. The van der Waals surface area contributed by atoms with Gasteiger partial charge in [-0.1, -0.05) is 25.1 Å². The van der Waals surface area contributed by atoms with Gasteiger partial charge >= 0.3 is 0 Å². The molecule has 0 aliphatic carbocycles. The van der Waals surface area contributed by atoms with Gasteiger partial charge in [0.05, 0.1) is 6.10 Å². The Morgan fingerprint density at radius 3 is 2.57 bits per heavy atom. The van der Waals surface area contributed by atoms with Gasteiger partial charge in [0.25, 0.3) is 0 Å². The maximum atomic E-state index is 9.62. The Hall–Kier alpha value is -1.02. The average molecular weight is 193 g/mol.